The molecule has 1 aliphatic rings. The molecule has 0 atom stereocenters. The van der Waals surface area contributed by atoms with Crippen molar-refractivity contribution in [2.45, 2.75) is 53.0 Å². The van der Waals surface area contributed by atoms with Crippen molar-refractivity contribution in [1.29, 1.82) is 0 Å². The van der Waals surface area contributed by atoms with Crippen molar-refractivity contribution >= 4 is 5.91 Å². The van der Waals surface area contributed by atoms with Gasteiger partial charge in [-0.1, -0.05) is 27.7 Å². The van der Waals surface area contributed by atoms with Crippen LogP contribution in [0.25, 0.3) is 0 Å². The van der Waals surface area contributed by atoms with Crippen LogP contribution in [0.5, 0.6) is 0 Å². The summed E-state index contributed by atoms with van der Waals surface area (Å²) in [6.07, 6.45) is 2.85. The number of nitrogens with zero attached hydrogens (tertiary/aromatic N) is 1. The zero-order chi connectivity index (χ0) is 12.3. The zero-order valence-electron chi connectivity index (χ0n) is 11.1. The van der Waals surface area contributed by atoms with Crippen molar-refractivity contribution in [3.8, 4) is 0 Å². The number of likely N-dealkylation sites (tertiary alicyclic amines) is 1. The summed E-state index contributed by atoms with van der Waals surface area (Å²) in [5.41, 5.74) is 5.62. The van der Waals surface area contributed by atoms with Crippen molar-refractivity contribution < 1.29 is 4.79 Å². The Balaban J connectivity index is 2.56. The fraction of sp³-hybridized carbons (Fsp3) is 0.923. The fourth-order valence-corrected chi connectivity index (χ4v) is 2.64. The second-order valence-electron chi connectivity index (χ2n) is 6.11. The summed E-state index contributed by atoms with van der Waals surface area (Å²) in [6.45, 7) is 10.1. The quantitative estimate of drug-likeness (QED) is 0.800. The summed E-state index contributed by atoms with van der Waals surface area (Å²) in [5, 5.41) is 0. The van der Waals surface area contributed by atoms with Crippen LogP contribution < -0.4 is 5.73 Å². The number of hydrogen-bond acceptors (Lipinski definition) is 2. The standard InChI is InChI=1S/C13H26N2O/c1-10(2)9-13(3,4)12(16)15-7-5-11(14)6-8-15/h10-11H,5-9,14H2,1-4H3. The highest BCUT2D eigenvalue weighted by molar-refractivity contribution is 5.82. The number of hydrogen-bond donors (Lipinski definition) is 1. The number of rotatable bonds is 3. The van der Waals surface area contributed by atoms with Crippen molar-refractivity contribution in [3.63, 3.8) is 0 Å². The van der Waals surface area contributed by atoms with Crippen LogP contribution in [0.4, 0.5) is 0 Å². The minimum atomic E-state index is -0.227. The molecule has 0 unspecified atom stereocenters. The Bertz CT molecular complexity index is 240. The predicted molar refractivity (Wildman–Crippen MR) is 67.0 cm³/mol. The van der Waals surface area contributed by atoms with Gasteiger partial charge in [0.2, 0.25) is 5.91 Å². The first-order valence-electron chi connectivity index (χ1n) is 6.38. The van der Waals surface area contributed by atoms with Gasteiger partial charge in [0, 0.05) is 24.5 Å². The lowest BCUT2D eigenvalue weighted by atomic mass is 9.82. The van der Waals surface area contributed by atoms with Crippen molar-refractivity contribution in [1.82, 2.24) is 4.90 Å². The van der Waals surface area contributed by atoms with Crippen molar-refractivity contribution in [2.75, 3.05) is 13.1 Å². The third-order valence-corrected chi connectivity index (χ3v) is 3.32. The van der Waals surface area contributed by atoms with Gasteiger partial charge in [-0.25, -0.2) is 0 Å². The summed E-state index contributed by atoms with van der Waals surface area (Å²) >= 11 is 0. The SMILES string of the molecule is CC(C)CC(C)(C)C(=O)N1CCC(N)CC1. The van der Waals surface area contributed by atoms with Crippen LogP contribution in [-0.2, 0) is 4.79 Å². The summed E-state index contributed by atoms with van der Waals surface area (Å²) in [7, 11) is 0. The molecule has 0 aliphatic carbocycles. The van der Waals surface area contributed by atoms with Gasteiger partial charge < -0.3 is 10.6 Å². The Morgan fingerprint density at radius 2 is 1.88 bits per heavy atom. The number of amides is 1. The molecule has 0 aromatic heterocycles. The van der Waals surface area contributed by atoms with Gasteiger partial charge in [0.05, 0.1) is 0 Å². The van der Waals surface area contributed by atoms with Gasteiger partial charge in [0.25, 0.3) is 0 Å². The topological polar surface area (TPSA) is 46.3 Å². The van der Waals surface area contributed by atoms with Gasteiger partial charge in [-0.05, 0) is 25.2 Å². The maximum absolute atomic E-state index is 12.3. The van der Waals surface area contributed by atoms with Crippen molar-refractivity contribution in [3.05, 3.63) is 0 Å². The second kappa shape index (κ2) is 5.17. The highest BCUT2D eigenvalue weighted by Gasteiger charge is 2.33. The van der Waals surface area contributed by atoms with E-state index in [2.05, 4.69) is 27.7 Å². The van der Waals surface area contributed by atoms with E-state index in [-0.39, 0.29) is 11.5 Å². The first-order valence-corrected chi connectivity index (χ1v) is 6.38. The molecule has 1 heterocycles. The number of piperidine rings is 1. The molecule has 1 amide bonds. The maximum atomic E-state index is 12.3. The summed E-state index contributed by atoms with van der Waals surface area (Å²) in [6, 6.07) is 0.289. The smallest absolute Gasteiger partial charge is 0.228 e. The third-order valence-electron chi connectivity index (χ3n) is 3.32. The number of carbonyl (C=O) groups excluding carboxylic acids is 1. The molecule has 0 spiro atoms. The largest absolute Gasteiger partial charge is 0.342 e. The van der Waals surface area contributed by atoms with Gasteiger partial charge in [-0.2, -0.15) is 0 Å². The molecule has 1 fully saturated rings. The van der Waals surface area contributed by atoms with E-state index in [0.29, 0.717) is 11.8 Å². The Morgan fingerprint density at radius 3 is 2.31 bits per heavy atom. The van der Waals surface area contributed by atoms with Gasteiger partial charge >= 0.3 is 0 Å². The number of carbonyl (C=O) groups is 1. The summed E-state index contributed by atoms with van der Waals surface area (Å²) < 4.78 is 0. The Labute approximate surface area is 99.4 Å². The van der Waals surface area contributed by atoms with E-state index in [1.807, 2.05) is 4.90 Å². The molecule has 0 radical (unpaired) electrons. The molecule has 1 saturated heterocycles. The molecule has 0 aromatic rings. The van der Waals surface area contributed by atoms with E-state index in [1.54, 1.807) is 0 Å². The highest BCUT2D eigenvalue weighted by atomic mass is 16.2. The lowest BCUT2D eigenvalue weighted by Crippen LogP contribution is -2.48. The Kier molecular flexibility index (Phi) is 4.36. The molecule has 3 nitrogen and oxygen atoms in total. The molecule has 2 N–H and O–H groups in total. The molecule has 0 saturated carbocycles. The average molecular weight is 226 g/mol. The zero-order valence-corrected chi connectivity index (χ0v) is 11.1. The molecular weight excluding hydrogens is 200 g/mol. The van der Waals surface area contributed by atoms with E-state index in [1.165, 1.54) is 0 Å². The fourth-order valence-electron chi connectivity index (χ4n) is 2.64. The second-order valence-corrected chi connectivity index (χ2v) is 6.11. The first kappa shape index (κ1) is 13.5. The van der Waals surface area contributed by atoms with Crippen molar-refractivity contribution in [2.24, 2.45) is 17.1 Å². The minimum absolute atomic E-state index is 0.227. The average Bonchev–Trinajstić information content (AvgIpc) is 2.16. The van der Waals surface area contributed by atoms with E-state index in [4.69, 9.17) is 5.73 Å². The molecular formula is C13H26N2O. The number of nitrogens with two attached hydrogens (primary N) is 1. The highest BCUT2D eigenvalue weighted by Crippen LogP contribution is 2.28. The monoisotopic (exact) mass is 226 g/mol. The predicted octanol–water partition coefficient (Wildman–Crippen LogP) is 2.01. The van der Waals surface area contributed by atoms with Gasteiger partial charge in [0.1, 0.15) is 0 Å². The molecule has 1 rings (SSSR count). The Morgan fingerprint density at radius 1 is 1.38 bits per heavy atom. The molecule has 16 heavy (non-hydrogen) atoms. The lowest BCUT2D eigenvalue weighted by molar-refractivity contribution is -0.142. The van der Waals surface area contributed by atoms with Crippen LogP contribution in [-0.4, -0.2) is 29.9 Å². The van der Waals surface area contributed by atoms with Crippen LogP contribution in [0.15, 0.2) is 0 Å². The van der Waals surface area contributed by atoms with Crippen LogP contribution in [0.3, 0.4) is 0 Å². The normalized spacial score (nSPS) is 19.2. The van der Waals surface area contributed by atoms with E-state index < -0.39 is 0 Å². The van der Waals surface area contributed by atoms with Gasteiger partial charge in [-0.15, -0.1) is 0 Å². The molecule has 3 heteroatoms. The summed E-state index contributed by atoms with van der Waals surface area (Å²) in [5.74, 6) is 0.860. The third kappa shape index (κ3) is 3.48. The minimum Gasteiger partial charge on any atom is -0.342 e. The Hall–Kier alpha value is -0.570. The molecule has 0 bridgehead atoms. The van der Waals surface area contributed by atoms with Gasteiger partial charge in [-0.3, -0.25) is 4.79 Å². The lowest BCUT2D eigenvalue weighted by Gasteiger charge is -2.36. The molecule has 94 valence electrons. The first-order chi connectivity index (χ1) is 7.33. The van der Waals surface area contributed by atoms with E-state index in [9.17, 15) is 4.79 Å². The van der Waals surface area contributed by atoms with E-state index >= 15 is 0 Å². The summed E-state index contributed by atoms with van der Waals surface area (Å²) in [4.78, 5) is 14.3. The van der Waals surface area contributed by atoms with Crippen LogP contribution >= 0.6 is 0 Å². The van der Waals surface area contributed by atoms with Gasteiger partial charge in [0.15, 0.2) is 0 Å². The van der Waals surface area contributed by atoms with Crippen LogP contribution in [0.2, 0.25) is 0 Å². The van der Waals surface area contributed by atoms with E-state index in [0.717, 1.165) is 32.4 Å². The molecule has 1 aliphatic heterocycles. The van der Waals surface area contributed by atoms with Crippen LogP contribution in [0.1, 0.15) is 47.0 Å². The van der Waals surface area contributed by atoms with Crippen LogP contribution in [0, 0.1) is 11.3 Å². The maximum Gasteiger partial charge on any atom is 0.228 e. The molecule has 0 aromatic carbocycles.